The minimum atomic E-state index is -3.95. The van der Waals surface area contributed by atoms with Crippen LogP contribution in [0.3, 0.4) is 0 Å². The van der Waals surface area contributed by atoms with Gasteiger partial charge in [0.15, 0.2) is 0 Å². The predicted octanol–water partition coefficient (Wildman–Crippen LogP) is 5.62. The molecule has 1 fully saturated rings. The summed E-state index contributed by atoms with van der Waals surface area (Å²) in [5.41, 5.74) is 2.47. The number of carbonyl (C=O) groups is 2. The SMILES string of the molecule is Cc1ccc(S(=O)(=O)N(C)CC(=O)N(Cc2ccc(Cl)c(Cl)c2)[C@H](Cc2ccccc2)C(=O)NC2CCCC2)cc1. The van der Waals surface area contributed by atoms with E-state index >= 15 is 0 Å². The first-order valence-electron chi connectivity index (χ1n) is 13.7. The van der Waals surface area contributed by atoms with Gasteiger partial charge >= 0.3 is 0 Å². The van der Waals surface area contributed by atoms with Crippen LogP contribution in [0.1, 0.15) is 42.4 Å². The van der Waals surface area contributed by atoms with Crippen molar-refractivity contribution in [1.29, 1.82) is 0 Å². The molecule has 218 valence electrons. The molecule has 3 aromatic carbocycles. The minimum Gasteiger partial charge on any atom is -0.352 e. The van der Waals surface area contributed by atoms with Crippen molar-refractivity contribution < 1.29 is 18.0 Å². The number of carbonyl (C=O) groups excluding carboxylic acids is 2. The number of nitrogens with one attached hydrogen (secondary N) is 1. The van der Waals surface area contributed by atoms with Gasteiger partial charge in [-0.2, -0.15) is 4.31 Å². The van der Waals surface area contributed by atoms with Crippen molar-refractivity contribution in [1.82, 2.24) is 14.5 Å². The fourth-order valence-corrected chi connectivity index (χ4v) is 6.45. The summed E-state index contributed by atoms with van der Waals surface area (Å²) in [6.45, 7) is 1.47. The van der Waals surface area contributed by atoms with E-state index in [0.29, 0.717) is 15.6 Å². The van der Waals surface area contributed by atoms with Crippen molar-refractivity contribution in [2.45, 2.75) is 62.6 Å². The Morgan fingerprint density at radius 1 is 0.927 bits per heavy atom. The monoisotopic (exact) mass is 615 g/mol. The zero-order valence-corrected chi connectivity index (χ0v) is 25.6. The largest absolute Gasteiger partial charge is 0.352 e. The molecule has 1 atom stereocenters. The van der Waals surface area contributed by atoms with Crippen molar-refractivity contribution >= 4 is 45.0 Å². The molecule has 3 aromatic rings. The number of amides is 2. The number of nitrogens with zero attached hydrogens (tertiary/aromatic N) is 2. The molecule has 1 N–H and O–H groups in total. The molecule has 4 rings (SSSR count). The molecule has 1 aliphatic carbocycles. The summed E-state index contributed by atoms with van der Waals surface area (Å²) in [5, 5.41) is 3.84. The molecule has 0 radical (unpaired) electrons. The van der Waals surface area contributed by atoms with E-state index in [0.717, 1.165) is 41.1 Å². The number of likely N-dealkylation sites (N-methyl/N-ethyl adjacent to an activating group) is 1. The van der Waals surface area contributed by atoms with Gasteiger partial charge in [-0.05, 0) is 55.2 Å². The second kappa shape index (κ2) is 13.8. The van der Waals surface area contributed by atoms with Crippen molar-refractivity contribution in [2.24, 2.45) is 0 Å². The summed E-state index contributed by atoms with van der Waals surface area (Å²) in [6, 6.07) is 20.1. The van der Waals surface area contributed by atoms with Crippen molar-refractivity contribution in [3.63, 3.8) is 0 Å². The second-order valence-electron chi connectivity index (χ2n) is 10.5. The molecule has 7 nitrogen and oxygen atoms in total. The van der Waals surface area contributed by atoms with Gasteiger partial charge in [-0.1, -0.05) is 90.1 Å². The van der Waals surface area contributed by atoms with Crippen molar-refractivity contribution in [3.05, 3.63) is 99.5 Å². The van der Waals surface area contributed by atoms with Gasteiger partial charge in [0, 0.05) is 26.1 Å². The molecule has 0 bridgehead atoms. The standard InChI is InChI=1S/C31H35Cl2N3O4S/c1-22-12-15-26(16-13-22)41(39,40)35(2)21-30(37)36(20-24-14-17-27(32)28(33)18-24)29(19-23-8-4-3-5-9-23)31(38)34-25-10-6-7-11-25/h3-5,8-9,12-18,25,29H,6-7,10-11,19-21H2,1-2H3,(H,34,38)/t29-/m1/s1. The zero-order chi connectivity index (χ0) is 29.6. The van der Waals surface area contributed by atoms with Gasteiger partial charge in [0.05, 0.1) is 21.5 Å². The molecule has 41 heavy (non-hydrogen) atoms. The first kappa shape index (κ1) is 31.0. The number of hydrogen-bond donors (Lipinski definition) is 1. The highest BCUT2D eigenvalue weighted by Gasteiger charge is 2.34. The van der Waals surface area contributed by atoms with Crippen LogP contribution in [0.2, 0.25) is 10.0 Å². The molecule has 0 spiro atoms. The van der Waals surface area contributed by atoms with E-state index in [2.05, 4.69) is 5.32 Å². The van der Waals surface area contributed by atoms with E-state index in [9.17, 15) is 18.0 Å². The lowest BCUT2D eigenvalue weighted by Gasteiger charge is -2.33. The highest BCUT2D eigenvalue weighted by atomic mass is 35.5. The Bertz CT molecular complexity index is 1460. The van der Waals surface area contributed by atoms with E-state index in [1.54, 1.807) is 30.3 Å². The summed E-state index contributed by atoms with van der Waals surface area (Å²) in [7, 11) is -2.58. The topological polar surface area (TPSA) is 86.8 Å². The van der Waals surface area contributed by atoms with E-state index in [1.807, 2.05) is 37.3 Å². The quantitative estimate of drug-likeness (QED) is 0.303. The molecule has 10 heteroatoms. The Morgan fingerprint density at radius 3 is 2.22 bits per heavy atom. The Hall–Kier alpha value is -2.91. The first-order chi connectivity index (χ1) is 19.5. The number of benzene rings is 3. The maximum absolute atomic E-state index is 14.0. The first-order valence-corrected chi connectivity index (χ1v) is 15.8. The third-order valence-corrected chi connectivity index (χ3v) is 9.95. The van der Waals surface area contributed by atoms with E-state index in [-0.39, 0.29) is 29.8 Å². The molecule has 0 unspecified atom stereocenters. The maximum Gasteiger partial charge on any atom is 0.243 e. The third kappa shape index (κ3) is 8.10. The molecular weight excluding hydrogens is 581 g/mol. The lowest BCUT2D eigenvalue weighted by molar-refractivity contribution is -0.141. The Labute approximate surface area is 252 Å². The fraction of sp³-hybridized carbons (Fsp3) is 0.355. The summed E-state index contributed by atoms with van der Waals surface area (Å²) in [4.78, 5) is 29.4. The number of aryl methyl sites for hydroxylation is 1. The van der Waals surface area contributed by atoms with E-state index < -0.39 is 28.5 Å². The molecule has 0 aromatic heterocycles. The van der Waals surface area contributed by atoms with Gasteiger partial charge in [0.1, 0.15) is 6.04 Å². The Kier molecular flexibility index (Phi) is 10.5. The molecule has 0 saturated heterocycles. The molecule has 1 saturated carbocycles. The maximum atomic E-state index is 14.0. The number of sulfonamides is 1. The van der Waals surface area contributed by atoms with Gasteiger partial charge in [-0.25, -0.2) is 8.42 Å². The van der Waals surface area contributed by atoms with Crippen LogP contribution in [0.4, 0.5) is 0 Å². The highest BCUT2D eigenvalue weighted by Crippen LogP contribution is 2.25. The van der Waals surface area contributed by atoms with Gasteiger partial charge in [0.25, 0.3) is 0 Å². The number of halogens is 2. The van der Waals surface area contributed by atoms with Gasteiger partial charge < -0.3 is 10.2 Å². The molecule has 1 aliphatic rings. The summed E-state index contributed by atoms with van der Waals surface area (Å²) in [6.07, 6.45) is 4.13. The van der Waals surface area contributed by atoms with E-state index in [1.165, 1.54) is 24.1 Å². The Balaban J connectivity index is 1.67. The summed E-state index contributed by atoms with van der Waals surface area (Å²) < 4.78 is 27.6. The van der Waals surface area contributed by atoms with Crippen LogP contribution in [0.5, 0.6) is 0 Å². The normalized spacial score (nSPS) is 14.7. The molecule has 2 amide bonds. The van der Waals surface area contributed by atoms with Crippen molar-refractivity contribution in [3.8, 4) is 0 Å². The van der Waals surface area contributed by atoms with Crippen LogP contribution in [-0.4, -0.2) is 55.1 Å². The van der Waals surface area contributed by atoms with Gasteiger partial charge in [0.2, 0.25) is 21.8 Å². The fourth-order valence-electron chi connectivity index (χ4n) is 5.01. The van der Waals surface area contributed by atoms with Gasteiger partial charge in [-0.3, -0.25) is 9.59 Å². The third-order valence-electron chi connectivity index (χ3n) is 7.40. The average Bonchev–Trinajstić information content (AvgIpc) is 3.46. The minimum absolute atomic E-state index is 0.0454. The van der Waals surface area contributed by atoms with Crippen LogP contribution in [0.15, 0.2) is 77.7 Å². The zero-order valence-electron chi connectivity index (χ0n) is 23.2. The smallest absolute Gasteiger partial charge is 0.243 e. The van der Waals surface area contributed by atoms with Gasteiger partial charge in [-0.15, -0.1) is 0 Å². The molecule has 0 heterocycles. The number of rotatable bonds is 11. The van der Waals surface area contributed by atoms with E-state index in [4.69, 9.17) is 23.2 Å². The average molecular weight is 617 g/mol. The van der Waals surface area contributed by atoms with Crippen LogP contribution in [0.25, 0.3) is 0 Å². The lowest BCUT2D eigenvalue weighted by atomic mass is 10.0. The van der Waals surface area contributed by atoms with Crippen LogP contribution in [0, 0.1) is 6.92 Å². The second-order valence-corrected chi connectivity index (χ2v) is 13.4. The summed E-state index contributed by atoms with van der Waals surface area (Å²) >= 11 is 12.4. The highest BCUT2D eigenvalue weighted by molar-refractivity contribution is 7.89. The Morgan fingerprint density at radius 2 is 1.59 bits per heavy atom. The summed E-state index contributed by atoms with van der Waals surface area (Å²) in [5.74, 6) is -0.769. The lowest BCUT2D eigenvalue weighted by Crippen LogP contribution is -2.54. The van der Waals surface area contributed by atoms with Crippen molar-refractivity contribution in [2.75, 3.05) is 13.6 Å². The molecule has 0 aliphatic heterocycles. The molecular formula is C31H35Cl2N3O4S. The van der Waals surface area contributed by atoms with Crippen LogP contribution in [-0.2, 0) is 32.6 Å². The predicted molar refractivity (Wildman–Crippen MR) is 162 cm³/mol. The number of hydrogen-bond acceptors (Lipinski definition) is 4. The van der Waals surface area contributed by atoms with Crippen LogP contribution >= 0.6 is 23.2 Å². The van der Waals surface area contributed by atoms with Crippen LogP contribution < -0.4 is 5.32 Å².